The van der Waals surface area contributed by atoms with Gasteiger partial charge in [-0.05, 0) is 58.8 Å². The molecular formula is C14H26N2O2. The third-order valence-electron chi connectivity index (χ3n) is 3.71. The van der Waals surface area contributed by atoms with Crippen molar-refractivity contribution in [1.29, 1.82) is 0 Å². The highest BCUT2D eigenvalue weighted by Crippen LogP contribution is 2.33. The Hall–Kier alpha value is -0.770. The van der Waals surface area contributed by atoms with E-state index in [1.54, 1.807) is 0 Å². The standard InChI is InChI=1S/C14H26N2O2/c1-14(2,3)18-13(17)16(9-10-7-8-10)12-6-4-5-11(12)15/h10-12H,4-9,15H2,1-3H3/t11-,12+/m0/s1. The number of nitrogens with zero attached hydrogens (tertiary/aromatic N) is 1. The van der Waals surface area contributed by atoms with Gasteiger partial charge in [0.1, 0.15) is 5.60 Å². The highest BCUT2D eigenvalue weighted by Gasteiger charge is 2.38. The Morgan fingerprint density at radius 1 is 1.28 bits per heavy atom. The van der Waals surface area contributed by atoms with Crippen LogP contribution in [0.25, 0.3) is 0 Å². The molecule has 1 amide bonds. The summed E-state index contributed by atoms with van der Waals surface area (Å²) in [7, 11) is 0. The molecule has 0 aliphatic heterocycles. The van der Waals surface area contributed by atoms with Gasteiger partial charge in [0.05, 0.1) is 6.04 Å². The molecule has 2 fully saturated rings. The number of amides is 1. The van der Waals surface area contributed by atoms with Crippen molar-refractivity contribution in [3.8, 4) is 0 Å². The minimum atomic E-state index is -0.429. The lowest BCUT2D eigenvalue weighted by atomic mass is 10.1. The summed E-state index contributed by atoms with van der Waals surface area (Å²) in [4.78, 5) is 14.2. The third kappa shape index (κ3) is 3.61. The van der Waals surface area contributed by atoms with Crippen LogP contribution in [0.15, 0.2) is 0 Å². The number of carbonyl (C=O) groups is 1. The van der Waals surface area contributed by atoms with Gasteiger partial charge in [-0.1, -0.05) is 0 Å². The highest BCUT2D eigenvalue weighted by atomic mass is 16.6. The summed E-state index contributed by atoms with van der Waals surface area (Å²) in [5, 5.41) is 0. The van der Waals surface area contributed by atoms with Gasteiger partial charge < -0.3 is 15.4 Å². The first-order valence-electron chi connectivity index (χ1n) is 7.12. The number of ether oxygens (including phenoxy) is 1. The molecule has 0 bridgehead atoms. The van der Waals surface area contributed by atoms with Crippen molar-refractivity contribution in [3.05, 3.63) is 0 Å². The Bertz CT molecular complexity index is 307. The van der Waals surface area contributed by atoms with Crippen molar-refractivity contribution in [2.24, 2.45) is 11.7 Å². The summed E-state index contributed by atoms with van der Waals surface area (Å²) >= 11 is 0. The second-order valence-electron chi connectivity index (χ2n) is 6.74. The average Bonchev–Trinajstić information content (AvgIpc) is 2.95. The lowest BCUT2D eigenvalue weighted by molar-refractivity contribution is 0.0139. The molecule has 0 saturated heterocycles. The normalized spacial score (nSPS) is 28.2. The molecule has 0 spiro atoms. The van der Waals surface area contributed by atoms with Gasteiger partial charge in [-0.3, -0.25) is 0 Å². The maximum atomic E-state index is 12.3. The largest absolute Gasteiger partial charge is 0.444 e. The Morgan fingerprint density at radius 3 is 2.39 bits per heavy atom. The lowest BCUT2D eigenvalue weighted by Gasteiger charge is -2.33. The molecule has 4 nitrogen and oxygen atoms in total. The zero-order chi connectivity index (χ0) is 13.3. The Balaban J connectivity index is 2.01. The Kier molecular flexibility index (Phi) is 3.85. The molecule has 0 radical (unpaired) electrons. The van der Waals surface area contributed by atoms with Gasteiger partial charge >= 0.3 is 6.09 Å². The molecule has 0 unspecified atom stereocenters. The third-order valence-corrected chi connectivity index (χ3v) is 3.71. The second kappa shape index (κ2) is 5.08. The van der Waals surface area contributed by atoms with E-state index in [1.165, 1.54) is 12.8 Å². The minimum Gasteiger partial charge on any atom is -0.444 e. The molecule has 4 heteroatoms. The average molecular weight is 254 g/mol. The molecule has 0 aromatic rings. The molecule has 0 aromatic heterocycles. The predicted octanol–water partition coefficient (Wildman–Crippen LogP) is 2.51. The van der Waals surface area contributed by atoms with E-state index in [0.29, 0.717) is 5.92 Å². The summed E-state index contributed by atoms with van der Waals surface area (Å²) in [5.41, 5.74) is 5.70. The van der Waals surface area contributed by atoms with Gasteiger partial charge in [0.2, 0.25) is 0 Å². The van der Waals surface area contributed by atoms with E-state index in [9.17, 15) is 4.79 Å². The van der Waals surface area contributed by atoms with Gasteiger partial charge in [0.25, 0.3) is 0 Å². The molecule has 18 heavy (non-hydrogen) atoms. The summed E-state index contributed by atoms with van der Waals surface area (Å²) < 4.78 is 5.52. The van der Waals surface area contributed by atoms with Gasteiger partial charge in [0.15, 0.2) is 0 Å². The van der Waals surface area contributed by atoms with Crippen LogP contribution in [-0.4, -0.2) is 35.2 Å². The Labute approximate surface area is 110 Å². The van der Waals surface area contributed by atoms with Gasteiger partial charge in [-0.25, -0.2) is 4.79 Å². The molecule has 0 heterocycles. The van der Waals surface area contributed by atoms with Gasteiger partial charge in [-0.15, -0.1) is 0 Å². The monoisotopic (exact) mass is 254 g/mol. The van der Waals surface area contributed by atoms with E-state index in [4.69, 9.17) is 10.5 Å². The van der Waals surface area contributed by atoms with E-state index in [0.717, 1.165) is 25.8 Å². The molecule has 2 saturated carbocycles. The lowest BCUT2D eigenvalue weighted by Crippen LogP contribution is -2.50. The van der Waals surface area contributed by atoms with Crippen LogP contribution in [0.4, 0.5) is 4.79 Å². The fraction of sp³-hybridized carbons (Fsp3) is 0.929. The van der Waals surface area contributed by atoms with Crippen molar-refractivity contribution < 1.29 is 9.53 Å². The maximum absolute atomic E-state index is 12.3. The van der Waals surface area contributed by atoms with Gasteiger partial charge in [0, 0.05) is 12.6 Å². The Morgan fingerprint density at radius 2 is 1.94 bits per heavy atom. The number of carbonyl (C=O) groups excluding carboxylic acids is 1. The van der Waals surface area contributed by atoms with Crippen LogP contribution in [0.1, 0.15) is 52.9 Å². The van der Waals surface area contributed by atoms with E-state index < -0.39 is 5.60 Å². The van der Waals surface area contributed by atoms with Crippen LogP contribution < -0.4 is 5.73 Å². The quantitative estimate of drug-likeness (QED) is 0.842. The molecule has 0 aromatic carbocycles. The topological polar surface area (TPSA) is 55.6 Å². The molecule has 2 N–H and O–H groups in total. The first-order valence-corrected chi connectivity index (χ1v) is 7.12. The highest BCUT2D eigenvalue weighted by molar-refractivity contribution is 5.68. The van der Waals surface area contributed by atoms with E-state index >= 15 is 0 Å². The van der Waals surface area contributed by atoms with Crippen molar-refractivity contribution >= 4 is 6.09 Å². The van der Waals surface area contributed by atoms with E-state index in [2.05, 4.69) is 0 Å². The van der Waals surface area contributed by atoms with E-state index in [-0.39, 0.29) is 18.2 Å². The zero-order valence-electron chi connectivity index (χ0n) is 11.8. The smallest absolute Gasteiger partial charge is 0.410 e. The summed E-state index contributed by atoms with van der Waals surface area (Å²) in [6.07, 6.45) is 5.46. The maximum Gasteiger partial charge on any atom is 0.410 e. The van der Waals surface area contributed by atoms with Crippen LogP contribution in [-0.2, 0) is 4.74 Å². The van der Waals surface area contributed by atoms with Crippen molar-refractivity contribution in [1.82, 2.24) is 4.90 Å². The summed E-state index contributed by atoms with van der Waals surface area (Å²) in [6, 6.07) is 0.303. The van der Waals surface area contributed by atoms with Crippen molar-refractivity contribution in [3.63, 3.8) is 0 Å². The first-order chi connectivity index (χ1) is 8.37. The van der Waals surface area contributed by atoms with Crippen molar-refractivity contribution in [2.75, 3.05) is 6.54 Å². The van der Waals surface area contributed by atoms with Crippen molar-refractivity contribution in [2.45, 2.75) is 70.6 Å². The molecule has 104 valence electrons. The number of hydrogen-bond donors (Lipinski definition) is 1. The number of rotatable bonds is 3. The summed E-state index contributed by atoms with van der Waals surface area (Å²) in [5.74, 6) is 0.672. The van der Waals surface area contributed by atoms with Crippen LogP contribution in [0, 0.1) is 5.92 Å². The van der Waals surface area contributed by atoms with Crippen LogP contribution in [0.3, 0.4) is 0 Å². The first kappa shape index (κ1) is 13.7. The fourth-order valence-electron chi connectivity index (χ4n) is 2.60. The van der Waals surface area contributed by atoms with Crippen LogP contribution in [0.2, 0.25) is 0 Å². The SMILES string of the molecule is CC(C)(C)OC(=O)N(CC1CC1)[C@@H]1CCC[C@@H]1N. The predicted molar refractivity (Wildman–Crippen MR) is 71.3 cm³/mol. The molecule has 2 aliphatic carbocycles. The zero-order valence-corrected chi connectivity index (χ0v) is 11.8. The fourth-order valence-corrected chi connectivity index (χ4v) is 2.60. The van der Waals surface area contributed by atoms with Gasteiger partial charge in [-0.2, -0.15) is 0 Å². The summed E-state index contributed by atoms with van der Waals surface area (Å²) in [6.45, 7) is 6.56. The molecule has 2 aliphatic rings. The number of hydrogen-bond acceptors (Lipinski definition) is 3. The van der Waals surface area contributed by atoms with Crippen LogP contribution >= 0.6 is 0 Å². The van der Waals surface area contributed by atoms with E-state index in [1.807, 2.05) is 25.7 Å². The molecule has 2 rings (SSSR count). The van der Waals surface area contributed by atoms with Crippen LogP contribution in [0.5, 0.6) is 0 Å². The molecular weight excluding hydrogens is 228 g/mol. The number of nitrogens with two attached hydrogens (primary N) is 1. The minimum absolute atomic E-state index is 0.122. The molecule has 2 atom stereocenters. The second-order valence-corrected chi connectivity index (χ2v) is 6.74.